The van der Waals surface area contributed by atoms with Gasteiger partial charge in [0.05, 0.1) is 11.5 Å². The van der Waals surface area contributed by atoms with Gasteiger partial charge in [-0.1, -0.05) is 56.0 Å². The number of hydrogen-bond acceptors (Lipinski definition) is 1. The summed E-state index contributed by atoms with van der Waals surface area (Å²) in [5.74, 6) is 0. The quantitative estimate of drug-likeness (QED) is 0.720. The van der Waals surface area contributed by atoms with Gasteiger partial charge in [-0.25, -0.2) is 0 Å². The first-order valence-electron chi connectivity index (χ1n) is 6.58. The zero-order valence-electron chi connectivity index (χ0n) is 11.5. The molecule has 0 spiro atoms. The fourth-order valence-electron chi connectivity index (χ4n) is 2.69. The summed E-state index contributed by atoms with van der Waals surface area (Å²) >= 11 is 0. The van der Waals surface area contributed by atoms with Crippen LogP contribution in [0.5, 0.6) is 0 Å². The molecule has 0 aliphatic heterocycles. The van der Waals surface area contributed by atoms with E-state index in [2.05, 4.69) is 52.0 Å². The molecule has 0 amide bonds. The first-order valence-corrected chi connectivity index (χ1v) is 6.58. The first-order chi connectivity index (χ1) is 8.07. The first kappa shape index (κ1) is 13.8. The van der Waals surface area contributed by atoms with Crippen molar-refractivity contribution in [2.75, 3.05) is 0 Å². The van der Waals surface area contributed by atoms with Crippen molar-refractivity contribution in [3.05, 3.63) is 34.9 Å². The van der Waals surface area contributed by atoms with Crippen molar-refractivity contribution >= 4 is 0 Å². The molecule has 0 saturated heterocycles. The third-order valence-electron chi connectivity index (χ3n) is 3.34. The van der Waals surface area contributed by atoms with Gasteiger partial charge in [-0.05, 0) is 32.3 Å². The summed E-state index contributed by atoms with van der Waals surface area (Å²) in [7, 11) is 0. The van der Waals surface area contributed by atoms with Gasteiger partial charge in [-0.3, -0.25) is 0 Å². The van der Waals surface area contributed by atoms with E-state index in [-0.39, 0.29) is 5.41 Å². The Morgan fingerprint density at radius 2 is 1.47 bits per heavy atom. The lowest BCUT2D eigenvalue weighted by atomic mass is 9.74. The summed E-state index contributed by atoms with van der Waals surface area (Å²) < 4.78 is 0. The fraction of sp³-hybridized carbons (Fsp3) is 0.562. The van der Waals surface area contributed by atoms with Crippen LogP contribution in [0.1, 0.15) is 56.2 Å². The molecule has 1 rings (SSSR count). The highest BCUT2D eigenvalue weighted by Crippen LogP contribution is 2.34. The van der Waals surface area contributed by atoms with Crippen LogP contribution in [0.2, 0.25) is 0 Å². The van der Waals surface area contributed by atoms with Crippen LogP contribution in [-0.2, 0) is 5.41 Å². The van der Waals surface area contributed by atoms with Gasteiger partial charge in [0, 0.05) is 0 Å². The maximum Gasteiger partial charge on any atom is 0.0822 e. The highest BCUT2D eigenvalue weighted by molar-refractivity contribution is 5.38. The molecule has 1 aromatic rings. The van der Waals surface area contributed by atoms with E-state index >= 15 is 0 Å². The van der Waals surface area contributed by atoms with Crippen molar-refractivity contribution in [2.45, 2.75) is 58.8 Å². The minimum atomic E-state index is -0.278. The van der Waals surface area contributed by atoms with Gasteiger partial charge >= 0.3 is 0 Å². The third kappa shape index (κ3) is 3.09. The highest BCUT2D eigenvalue weighted by atomic mass is 14.4. The fourth-order valence-corrected chi connectivity index (χ4v) is 2.69. The van der Waals surface area contributed by atoms with E-state index in [9.17, 15) is 5.26 Å². The molecule has 1 nitrogen and oxygen atoms in total. The van der Waals surface area contributed by atoms with E-state index in [1.54, 1.807) is 0 Å². The van der Waals surface area contributed by atoms with Crippen molar-refractivity contribution in [1.82, 2.24) is 0 Å². The molecule has 0 heterocycles. The summed E-state index contributed by atoms with van der Waals surface area (Å²) in [5.41, 5.74) is 3.44. The summed E-state index contributed by atoms with van der Waals surface area (Å²) in [5, 5.41) is 9.62. The molecule has 1 aromatic carbocycles. The average Bonchev–Trinajstić information content (AvgIpc) is 2.27. The summed E-state index contributed by atoms with van der Waals surface area (Å²) in [6, 6.07) is 9.12. The van der Waals surface area contributed by atoms with Crippen LogP contribution in [0.25, 0.3) is 0 Å². The van der Waals surface area contributed by atoms with Gasteiger partial charge in [0.2, 0.25) is 0 Å². The van der Waals surface area contributed by atoms with Gasteiger partial charge in [0.1, 0.15) is 0 Å². The molecule has 0 bridgehead atoms. The number of rotatable bonds is 5. The molecule has 0 N–H and O–H groups in total. The van der Waals surface area contributed by atoms with Crippen LogP contribution in [0.15, 0.2) is 18.2 Å². The van der Waals surface area contributed by atoms with Gasteiger partial charge in [0.15, 0.2) is 0 Å². The molecule has 92 valence electrons. The number of benzene rings is 1. The Labute approximate surface area is 105 Å². The second-order valence-corrected chi connectivity index (χ2v) is 5.07. The summed E-state index contributed by atoms with van der Waals surface area (Å²) in [6.45, 7) is 8.53. The number of aryl methyl sites for hydroxylation is 2. The summed E-state index contributed by atoms with van der Waals surface area (Å²) in [6.07, 6.45) is 4.03. The predicted molar refractivity (Wildman–Crippen MR) is 73.0 cm³/mol. The van der Waals surface area contributed by atoms with Gasteiger partial charge in [-0.2, -0.15) is 5.26 Å². The monoisotopic (exact) mass is 229 g/mol. The van der Waals surface area contributed by atoms with Crippen molar-refractivity contribution in [3.8, 4) is 6.07 Å². The zero-order valence-corrected chi connectivity index (χ0v) is 11.5. The van der Waals surface area contributed by atoms with E-state index in [1.165, 1.54) is 16.7 Å². The molecule has 0 radical (unpaired) electrons. The van der Waals surface area contributed by atoms with Crippen LogP contribution < -0.4 is 0 Å². The molecule has 0 aromatic heterocycles. The number of nitriles is 1. The smallest absolute Gasteiger partial charge is 0.0822 e. The third-order valence-corrected chi connectivity index (χ3v) is 3.34. The Kier molecular flexibility index (Phi) is 4.75. The minimum Gasteiger partial charge on any atom is -0.197 e. The van der Waals surface area contributed by atoms with Crippen LogP contribution in [0.4, 0.5) is 0 Å². The average molecular weight is 229 g/mol. The molecule has 0 fully saturated rings. The van der Waals surface area contributed by atoms with Crippen LogP contribution >= 0.6 is 0 Å². The van der Waals surface area contributed by atoms with Crippen molar-refractivity contribution in [2.24, 2.45) is 0 Å². The molecule has 0 aliphatic carbocycles. The lowest BCUT2D eigenvalue weighted by Crippen LogP contribution is -2.24. The lowest BCUT2D eigenvalue weighted by molar-refractivity contribution is 0.453. The molecule has 0 saturated carbocycles. The van der Waals surface area contributed by atoms with Crippen LogP contribution in [0.3, 0.4) is 0 Å². The van der Waals surface area contributed by atoms with Gasteiger partial charge < -0.3 is 0 Å². The Bertz CT molecular complexity index is 386. The lowest BCUT2D eigenvalue weighted by Gasteiger charge is -2.27. The van der Waals surface area contributed by atoms with E-state index in [1.807, 2.05) is 0 Å². The zero-order chi connectivity index (χ0) is 12.9. The molecular weight excluding hydrogens is 206 g/mol. The van der Waals surface area contributed by atoms with Gasteiger partial charge in [0.25, 0.3) is 0 Å². The van der Waals surface area contributed by atoms with Crippen molar-refractivity contribution in [3.63, 3.8) is 0 Å². The largest absolute Gasteiger partial charge is 0.197 e. The van der Waals surface area contributed by atoms with E-state index < -0.39 is 0 Å². The molecule has 1 heteroatoms. The molecule has 17 heavy (non-hydrogen) atoms. The van der Waals surface area contributed by atoms with Crippen LogP contribution in [0, 0.1) is 25.2 Å². The Morgan fingerprint density at radius 1 is 1.00 bits per heavy atom. The maximum atomic E-state index is 9.62. The number of hydrogen-bond donors (Lipinski definition) is 0. The second kappa shape index (κ2) is 5.87. The molecule has 0 unspecified atom stereocenters. The SMILES string of the molecule is CCCC(C#N)(CCC)c1cc(C)cc(C)c1. The molecule has 0 atom stereocenters. The van der Waals surface area contributed by atoms with Crippen LogP contribution in [-0.4, -0.2) is 0 Å². The summed E-state index contributed by atoms with van der Waals surface area (Å²) in [4.78, 5) is 0. The van der Waals surface area contributed by atoms with Crippen molar-refractivity contribution < 1.29 is 0 Å². The van der Waals surface area contributed by atoms with E-state index in [0.29, 0.717) is 0 Å². The standard InChI is InChI=1S/C16H23N/c1-5-7-16(12-17,8-6-2)15-10-13(3)9-14(4)11-15/h9-11H,5-8H2,1-4H3. The number of nitrogens with zero attached hydrogens (tertiary/aromatic N) is 1. The Hall–Kier alpha value is -1.29. The predicted octanol–water partition coefficient (Wildman–Crippen LogP) is 4.67. The normalized spacial score (nSPS) is 11.2. The minimum absolute atomic E-state index is 0.278. The van der Waals surface area contributed by atoms with Crippen molar-refractivity contribution in [1.29, 1.82) is 5.26 Å². The van der Waals surface area contributed by atoms with E-state index in [0.717, 1.165) is 25.7 Å². The van der Waals surface area contributed by atoms with E-state index in [4.69, 9.17) is 0 Å². The maximum absolute atomic E-state index is 9.62. The second-order valence-electron chi connectivity index (χ2n) is 5.07. The molecular formula is C16H23N. The highest BCUT2D eigenvalue weighted by Gasteiger charge is 2.30. The molecule has 0 aliphatic rings. The Morgan fingerprint density at radius 3 is 1.82 bits per heavy atom. The Balaban J connectivity index is 3.25. The topological polar surface area (TPSA) is 23.8 Å². The van der Waals surface area contributed by atoms with Gasteiger partial charge in [-0.15, -0.1) is 0 Å².